The number of hydrogen-bond donors (Lipinski definition) is 5. The van der Waals surface area contributed by atoms with Crippen molar-refractivity contribution >= 4 is 41.5 Å². The molecule has 0 aromatic heterocycles. The number of allylic oxidation sites excluding steroid dienone is 3. The molecule has 0 aliphatic heterocycles. The van der Waals surface area contributed by atoms with Crippen molar-refractivity contribution in [3.63, 3.8) is 0 Å². The number of carbonyl (C=O) groups excluding carboxylic acids is 5. The molecule has 1 aromatic carbocycles. The Kier molecular flexibility index (Phi) is 52.5. The number of aryl methyl sites for hydroxylation is 1. The van der Waals surface area contributed by atoms with Gasteiger partial charge in [-0.25, -0.2) is 9.59 Å². The monoisotopic (exact) mass is 1200 g/mol. The van der Waals surface area contributed by atoms with Crippen LogP contribution in [-0.2, 0) is 38.1 Å². The molecule has 0 spiro atoms. The van der Waals surface area contributed by atoms with Gasteiger partial charge < -0.3 is 39.0 Å². The summed E-state index contributed by atoms with van der Waals surface area (Å²) in [6, 6.07) is 5.22. The summed E-state index contributed by atoms with van der Waals surface area (Å²) in [7, 11) is 0. The zero-order valence-electron chi connectivity index (χ0n) is 53.7. The Hall–Kier alpha value is -4.73. The van der Waals surface area contributed by atoms with Crippen LogP contribution < -0.4 is 10.6 Å². The zero-order valence-corrected chi connectivity index (χ0v) is 53.7. The lowest BCUT2D eigenvalue weighted by Gasteiger charge is -2.18. The maximum atomic E-state index is 13.0. The molecule has 488 valence electrons. The maximum Gasteiger partial charge on any atom is 0.411 e. The van der Waals surface area contributed by atoms with Crippen molar-refractivity contribution in [1.29, 1.82) is 0 Å². The molecule has 1 rings (SSSR count). The number of esters is 3. The summed E-state index contributed by atoms with van der Waals surface area (Å²) in [6.07, 6.45) is 46.8. The molecule has 0 fully saturated rings. The van der Waals surface area contributed by atoms with Crippen LogP contribution in [0.25, 0.3) is 0 Å². The zero-order chi connectivity index (χ0) is 62.1. The molecular formula is C70H120N2O13. The number of ether oxygens (including phenoxy) is 5. The van der Waals surface area contributed by atoms with Crippen LogP contribution in [0.3, 0.4) is 0 Å². The van der Waals surface area contributed by atoms with E-state index >= 15 is 0 Å². The summed E-state index contributed by atoms with van der Waals surface area (Å²) in [5.41, 5.74) is 1.81. The highest BCUT2D eigenvalue weighted by Crippen LogP contribution is 2.23. The van der Waals surface area contributed by atoms with Gasteiger partial charge in [0.05, 0.1) is 18.8 Å². The van der Waals surface area contributed by atoms with Crippen molar-refractivity contribution in [3.8, 4) is 0 Å². The van der Waals surface area contributed by atoms with E-state index in [1.807, 2.05) is 6.92 Å². The lowest BCUT2D eigenvalue weighted by molar-refractivity contribution is -0.167. The Balaban J connectivity index is 2.54. The molecule has 0 aliphatic rings. The highest BCUT2D eigenvalue weighted by atomic mass is 16.6. The number of benzene rings is 1. The molecule has 15 heteroatoms. The maximum absolute atomic E-state index is 13.0. The molecule has 0 radical (unpaired) electrons. The summed E-state index contributed by atoms with van der Waals surface area (Å²) < 4.78 is 27.9. The second-order valence-corrected chi connectivity index (χ2v) is 23.2. The van der Waals surface area contributed by atoms with Crippen LogP contribution >= 0.6 is 0 Å². The minimum absolute atomic E-state index is 0.0394. The summed E-state index contributed by atoms with van der Waals surface area (Å²) in [5, 5.41) is 34.8. The van der Waals surface area contributed by atoms with Gasteiger partial charge in [0.25, 0.3) is 0 Å². The normalized spacial score (nSPS) is 13.0. The van der Waals surface area contributed by atoms with Crippen molar-refractivity contribution in [3.05, 3.63) is 60.2 Å². The first-order valence-corrected chi connectivity index (χ1v) is 33.8. The molecule has 4 atom stereocenters. The molecule has 0 aliphatic carbocycles. The van der Waals surface area contributed by atoms with Crippen LogP contribution in [0, 0.1) is 6.92 Å². The molecule has 4 unspecified atom stereocenters. The van der Waals surface area contributed by atoms with Gasteiger partial charge in [0.15, 0.2) is 6.10 Å². The van der Waals surface area contributed by atoms with E-state index in [4.69, 9.17) is 28.8 Å². The number of aliphatic hydroxyl groups excluding tert-OH is 3. The van der Waals surface area contributed by atoms with E-state index in [-0.39, 0.29) is 75.9 Å². The van der Waals surface area contributed by atoms with Gasteiger partial charge in [-0.05, 0) is 134 Å². The van der Waals surface area contributed by atoms with Gasteiger partial charge in [-0.3, -0.25) is 25.0 Å². The third kappa shape index (κ3) is 50.0. The molecular weight excluding hydrogens is 1080 g/mol. The molecule has 2 amide bonds. The Labute approximate surface area is 515 Å². The average molecular weight is 1200 g/mol. The van der Waals surface area contributed by atoms with Crippen molar-refractivity contribution in [2.75, 3.05) is 37.1 Å². The third-order valence-electron chi connectivity index (χ3n) is 15.1. The number of unbranched alkanes of at least 4 members (excludes halogenated alkanes) is 25. The van der Waals surface area contributed by atoms with E-state index in [2.05, 4.69) is 67.9 Å². The second kappa shape index (κ2) is 57.0. The SMILES string of the molecule is CCCCCCC(O)CC=CCCCCCCCC(=O)OCC(COC(=O)CCCCCCCC=CCC(CCCCCC)OC(=O)Nc1ccc(C)c(NC(=O)OCCCCO)c1)OC(=O)CCCCCCCC=CCC(O)CCCCCC. The number of amides is 2. The van der Waals surface area contributed by atoms with Gasteiger partial charge >= 0.3 is 30.1 Å². The van der Waals surface area contributed by atoms with Gasteiger partial charge in [0, 0.05) is 43.7 Å². The first-order valence-electron chi connectivity index (χ1n) is 33.8. The van der Waals surface area contributed by atoms with Gasteiger partial charge in [-0.2, -0.15) is 0 Å². The number of rotatable bonds is 57. The van der Waals surface area contributed by atoms with Crippen LogP contribution in [-0.4, -0.2) is 96.3 Å². The molecule has 0 bridgehead atoms. The van der Waals surface area contributed by atoms with Crippen molar-refractivity contribution in [2.24, 2.45) is 0 Å². The summed E-state index contributed by atoms with van der Waals surface area (Å²) in [4.78, 5) is 63.9. The van der Waals surface area contributed by atoms with Crippen LogP contribution in [0.15, 0.2) is 54.7 Å². The summed E-state index contributed by atoms with van der Waals surface area (Å²) in [5.74, 6) is -1.13. The lowest BCUT2D eigenvalue weighted by Crippen LogP contribution is -2.30. The highest BCUT2D eigenvalue weighted by Gasteiger charge is 2.20. The largest absolute Gasteiger partial charge is 0.462 e. The highest BCUT2D eigenvalue weighted by molar-refractivity contribution is 5.89. The third-order valence-corrected chi connectivity index (χ3v) is 15.1. The van der Waals surface area contributed by atoms with E-state index < -0.39 is 24.3 Å². The minimum Gasteiger partial charge on any atom is -0.462 e. The van der Waals surface area contributed by atoms with Gasteiger partial charge in [-0.1, -0.05) is 192 Å². The Morgan fingerprint density at radius 1 is 0.447 bits per heavy atom. The Morgan fingerprint density at radius 3 is 1.39 bits per heavy atom. The number of carbonyl (C=O) groups is 5. The molecule has 85 heavy (non-hydrogen) atoms. The Morgan fingerprint density at radius 2 is 0.894 bits per heavy atom. The van der Waals surface area contributed by atoms with Gasteiger partial charge in [-0.15, -0.1) is 0 Å². The lowest BCUT2D eigenvalue weighted by atomic mass is 10.1. The molecule has 5 N–H and O–H groups in total. The van der Waals surface area contributed by atoms with Gasteiger partial charge in [0.1, 0.15) is 19.3 Å². The second-order valence-electron chi connectivity index (χ2n) is 23.2. The quantitative estimate of drug-likeness (QED) is 0.0178. The number of hydrogen-bond acceptors (Lipinski definition) is 13. The molecule has 15 nitrogen and oxygen atoms in total. The van der Waals surface area contributed by atoms with Crippen LogP contribution in [0.5, 0.6) is 0 Å². The van der Waals surface area contributed by atoms with Crippen LogP contribution in [0.1, 0.15) is 290 Å². The van der Waals surface area contributed by atoms with Crippen molar-refractivity contribution in [1.82, 2.24) is 0 Å². The number of anilines is 2. The minimum atomic E-state index is -0.880. The van der Waals surface area contributed by atoms with Crippen molar-refractivity contribution in [2.45, 2.75) is 315 Å². The van der Waals surface area contributed by atoms with Crippen LogP contribution in [0.4, 0.5) is 21.0 Å². The van der Waals surface area contributed by atoms with E-state index in [1.54, 1.807) is 18.2 Å². The summed E-state index contributed by atoms with van der Waals surface area (Å²) >= 11 is 0. The number of nitrogens with one attached hydrogen (secondary N) is 2. The van der Waals surface area contributed by atoms with E-state index in [0.29, 0.717) is 62.7 Å². The van der Waals surface area contributed by atoms with E-state index in [9.17, 15) is 34.2 Å². The van der Waals surface area contributed by atoms with Crippen LogP contribution in [0.2, 0.25) is 0 Å². The fourth-order valence-electron chi connectivity index (χ4n) is 9.70. The van der Waals surface area contributed by atoms with E-state index in [1.165, 1.54) is 38.5 Å². The predicted molar refractivity (Wildman–Crippen MR) is 345 cm³/mol. The first kappa shape index (κ1) is 78.3. The molecule has 0 saturated heterocycles. The standard InChI is InChI=1S/C70H120N2O13/c1-5-8-11-32-43-61(74)45-34-26-20-14-17-23-29-38-49-66(76)82-57-64(84-68(78)51-40-31-25-18-15-21-27-35-46-62(75)44-33-12-9-6-2)58-83-67(77)50-39-30-24-19-16-22-28-37-48-63(47-36-13-10-7-3)85-70(80)71-60-53-52-59(4)65(56-60)72-69(79)81-55-42-41-54-73/h26-28,34-35,37,52-53,56,61-64,73-75H,5-25,29-33,36,38-51,54-55,57-58H2,1-4H3,(H,71,80)(H,72,79). The fourth-order valence-corrected chi connectivity index (χ4v) is 9.70. The smallest absolute Gasteiger partial charge is 0.411 e. The average Bonchev–Trinajstić information content (AvgIpc) is 3.61. The van der Waals surface area contributed by atoms with E-state index in [0.717, 1.165) is 160 Å². The molecule has 1 aromatic rings. The first-order chi connectivity index (χ1) is 41.4. The number of aliphatic hydroxyl groups is 3. The van der Waals surface area contributed by atoms with Gasteiger partial charge in [0.2, 0.25) is 0 Å². The molecule has 0 heterocycles. The Bertz CT molecular complexity index is 1910. The summed E-state index contributed by atoms with van der Waals surface area (Å²) in [6.45, 7) is 8.29. The predicted octanol–water partition coefficient (Wildman–Crippen LogP) is 17.9. The topological polar surface area (TPSA) is 216 Å². The molecule has 0 saturated carbocycles. The van der Waals surface area contributed by atoms with Crippen molar-refractivity contribution < 1.29 is 63.0 Å². The fraction of sp³-hybridized carbons (Fsp3) is 0.757.